The number of carboxylic acid groups (broad SMARTS) is 5. The second kappa shape index (κ2) is 34.5. The maximum atomic E-state index is 12.6. The van der Waals surface area contributed by atoms with Crippen molar-refractivity contribution in [1.29, 1.82) is 0 Å². The predicted molar refractivity (Wildman–Crippen MR) is 290 cm³/mol. The molecule has 20 N–H and O–H groups in total. The minimum absolute atomic E-state index is 0.00697. The zero-order chi connectivity index (χ0) is 64.7. The van der Waals surface area contributed by atoms with Gasteiger partial charge in [-0.1, -0.05) is 39.8 Å². The Kier molecular flexibility index (Phi) is 29.4. The standard InChI is InChI=1S/C42H60N11O28P3S2/c43-21(38(62)46-8-3-1-2-6-29(56)49-22(39(63)64)11-30(57)50-23(40(65)66)12-31(58)51-24(41(67)68)13-32(59)52-25(42(69)70)14-34(60)61)18-86-85-10-7-28(55)45-9-4-5-20-16-53(37-35(20)36(44)47-19-48-37)33-15-26(54)27(79-33)17-78-83(74,75)81-84(76,77)80-82(71,72)73/h16,19,21-27,33,54H,1-3,6-15,17-18,43H2,(H,45,55)(H,46,62)(H,49,56)(H,50,57)(H,51,58)(H,52,59)(H,60,61)(H,63,64)(H,65,66)(H,67,68)(H,69,70)(H,74,75)(H,76,77)(H2,44,47,48)(H2,71,72,73). The summed E-state index contributed by atoms with van der Waals surface area (Å²) >= 11 is 0. The Morgan fingerprint density at radius 2 is 1.26 bits per heavy atom. The van der Waals surface area contributed by atoms with Crippen LogP contribution in [0.25, 0.3) is 11.0 Å². The molecule has 0 aromatic carbocycles. The van der Waals surface area contributed by atoms with Gasteiger partial charge >= 0.3 is 53.3 Å². The molecule has 0 aliphatic carbocycles. The quantitative estimate of drug-likeness (QED) is 0.0133. The van der Waals surface area contributed by atoms with Crippen LogP contribution in [0.5, 0.6) is 0 Å². The van der Waals surface area contributed by atoms with Crippen molar-refractivity contribution < 1.29 is 135 Å². The number of ether oxygens (including phenoxy) is 1. The molecule has 44 heteroatoms. The number of aliphatic hydroxyl groups excluding tert-OH is 1. The average Bonchev–Trinajstić information content (AvgIpc) is 2.10. The first kappa shape index (κ1) is 73.4. The Morgan fingerprint density at radius 3 is 1.79 bits per heavy atom. The number of nitrogens with one attached hydrogen (secondary N) is 6. The molecule has 10 unspecified atom stereocenters. The average molecular weight is 1320 g/mol. The molecule has 0 radical (unpaired) electrons. The summed E-state index contributed by atoms with van der Waals surface area (Å²) in [5.74, 6) is -8.17. The van der Waals surface area contributed by atoms with Crippen molar-refractivity contribution in [2.24, 2.45) is 5.73 Å². The molecule has 6 amide bonds. The molecule has 1 saturated heterocycles. The number of nitrogens with zero attached hydrogens (tertiary/aromatic N) is 3. The normalized spacial score (nSPS) is 18.0. The molecule has 1 aliphatic rings. The molecule has 0 spiro atoms. The van der Waals surface area contributed by atoms with Crippen molar-refractivity contribution >= 4 is 127 Å². The topological polar surface area (TPSA) is 633 Å². The number of nitrogen functional groups attached to an aromatic ring is 1. The van der Waals surface area contributed by atoms with E-state index in [0.717, 1.165) is 6.33 Å². The number of anilines is 1. The van der Waals surface area contributed by atoms with Gasteiger partial charge < -0.3 is 103 Å². The van der Waals surface area contributed by atoms with Gasteiger partial charge in [0.25, 0.3) is 0 Å². The van der Waals surface area contributed by atoms with E-state index in [2.05, 4.69) is 50.9 Å². The van der Waals surface area contributed by atoms with Crippen LogP contribution >= 0.6 is 45.1 Å². The van der Waals surface area contributed by atoms with Crippen molar-refractivity contribution in [3.05, 3.63) is 18.1 Å². The number of hydrogen-bond donors (Lipinski definition) is 18. The van der Waals surface area contributed by atoms with Crippen molar-refractivity contribution in [3.63, 3.8) is 0 Å². The summed E-state index contributed by atoms with van der Waals surface area (Å²) in [4.78, 5) is 177. The third kappa shape index (κ3) is 26.8. The minimum Gasteiger partial charge on any atom is -0.481 e. The second-order valence-corrected chi connectivity index (χ2v) is 25.0. The van der Waals surface area contributed by atoms with E-state index in [9.17, 15) is 96.6 Å². The first-order chi connectivity index (χ1) is 40.1. The number of aliphatic carboxylic acids is 5. The van der Waals surface area contributed by atoms with Gasteiger partial charge in [0.15, 0.2) is 0 Å². The Labute approximate surface area is 492 Å². The Bertz CT molecular complexity index is 3050. The molecular formula is C42H60N11O28P3S2. The van der Waals surface area contributed by atoms with Gasteiger partial charge in [-0.25, -0.2) is 42.8 Å². The molecule has 2 aromatic rings. The highest BCUT2D eigenvalue weighted by molar-refractivity contribution is 8.76. The van der Waals surface area contributed by atoms with Gasteiger partial charge in [0.2, 0.25) is 35.4 Å². The van der Waals surface area contributed by atoms with Gasteiger partial charge in [-0.3, -0.25) is 38.1 Å². The molecule has 3 heterocycles. The fourth-order valence-electron chi connectivity index (χ4n) is 7.18. The molecule has 3 rings (SSSR count). The van der Waals surface area contributed by atoms with Crippen molar-refractivity contribution in [3.8, 4) is 11.8 Å². The number of aromatic nitrogens is 3. The van der Waals surface area contributed by atoms with E-state index in [0.29, 0.717) is 18.6 Å². The number of rotatable bonds is 38. The number of amides is 6. The zero-order valence-electron chi connectivity index (χ0n) is 44.4. The fourth-order valence-corrected chi connectivity index (χ4v) is 12.3. The SMILES string of the molecule is Nc1ncnc2c1c(C#CCNC(=O)CCSSCC(N)C(=O)NCCCCCC(=O)NC(CC(=O)NC(CC(=O)NC(CC(=O)NC(CC(=O)O)C(=O)O)C(=O)O)C(=O)O)C(=O)O)cn2C1CC(O)C(COP(=O)(O)OP(=O)(O)OP(=O)(O)O)O1. The van der Waals surface area contributed by atoms with Crippen LogP contribution < -0.4 is 43.4 Å². The van der Waals surface area contributed by atoms with Crippen LogP contribution in [0.1, 0.15) is 76.0 Å². The van der Waals surface area contributed by atoms with Crippen molar-refractivity contribution in [2.45, 2.75) is 113 Å². The van der Waals surface area contributed by atoms with Crippen LogP contribution in [0.4, 0.5) is 5.82 Å². The van der Waals surface area contributed by atoms with Crippen molar-refractivity contribution in [2.75, 3.05) is 36.9 Å². The van der Waals surface area contributed by atoms with Gasteiger partial charge in [0, 0.05) is 43.5 Å². The van der Waals surface area contributed by atoms with Crippen LogP contribution in [0.3, 0.4) is 0 Å². The summed E-state index contributed by atoms with van der Waals surface area (Å²) in [6.07, 6.45) is -4.88. The van der Waals surface area contributed by atoms with Gasteiger partial charge in [0.05, 0.1) is 61.9 Å². The van der Waals surface area contributed by atoms with Crippen molar-refractivity contribution in [1.82, 2.24) is 46.4 Å². The van der Waals surface area contributed by atoms with E-state index in [1.165, 1.54) is 32.4 Å². The predicted octanol–water partition coefficient (Wildman–Crippen LogP) is -3.83. The summed E-state index contributed by atoms with van der Waals surface area (Å²) in [6.45, 7) is -0.879. The molecule has 39 nitrogen and oxygen atoms in total. The zero-order valence-corrected chi connectivity index (χ0v) is 48.7. The Balaban J connectivity index is 1.34. The van der Waals surface area contributed by atoms with Crippen LogP contribution in [-0.4, -0.2) is 204 Å². The monoisotopic (exact) mass is 1320 g/mol. The number of phosphoric acid groups is 3. The molecule has 10 atom stereocenters. The summed E-state index contributed by atoms with van der Waals surface area (Å²) in [5.41, 5.74) is 12.6. The second-order valence-electron chi connectivity index (χ2n) is 17.9. The highest BCUT2D eigenvalue weighted by Gasteiger charge is 2.43. The van der Waals surface area contributed by atoms with Gasteiger partial charge in [0.1, 0.15) is 54.3 Å². The third-order valence-electron chi connectivity index (χ3n) is 11.1. The summed E-state index contributed by atoms with van der Waals surface area (Å²) in [5, 5.41) is 70.1. The Hall–Kier alpha value is -6.86. The lowest BCUT2D eigenvalue weighted by Gasteiger charge is -2.19. The number of hydrogen-bond acceptors (Lipinski definition) is 25. The minimum atomic E-state index is -5.79. The van der Waals surface area contributed by atoms with Crippen LogP contribution in [0.2, 0.25) is 0 Å². The van der Waals surface area contributed by atoms with Gasteiger partial charge in [-0.2, -0.15) is 8.62 Å². The lowest BCUT2D eigenvalue weighted by Crippen LogP contribution is -2.51. The first-order valence-electron chi connectivity index (χ1n) is 24.6. The van der Waals surface area contributed by atoms with Crippen LogP contribution in [0.15, 0.2) is 12.5 Å². The summed E-state index contributed by atoms with van der Waals surface area (Å²) < 4.78 is 53.8. The van der Waals surface area contributed by atoms with E-state index in [1.54, 1.807) is 5.32 Å². The van der Waals surface area contributed by atoms with Gasteiger partial charge in [-0.05, 0) is 12.8 Å². The maximum absolute atomic E-state index is 12.6. The summed E-state index contributed by atoms with van der Waals surface area (Å²) in [7, 11) is -14.4. The number of nitrogens with two attached hydrogens (primary N) is 2. The smallest absolute Gasteiger partial charge is 0.481 e. The maximum Gasteiger partial charge on any atom is 0.490 e. The first-order valence-corrected chi connectivity index (χ1v) is 31.6. The van der Waals surface area contributed by atoms with E-state index < -0.39 is 164 Å². The van der Waals surface area contributed by atoms with E-state index in [1.807, 2.05) is 10.6 Å². The highest BCUT2D eigenvalue weighted by Crippen LogP contribution is 2.66. The number of carbonyl (C=O) groups is 11. The molecule has 0 bridgehead atoms. The van der Waals surface area contributed by atoms with E-state index in [-0.39, 0.29) is 72.8 Å². The molecule has 1 fully saturated rings. The molecule has 0 saturated carbocycles. The van der Waals surface area contributed by atoms with Crippen LogP contribution in [0, 0.1) is 11.8 Å². The molecule has 478 valence electrons. The largest absolute Gasteiger partial charge is 0.490 e. The third-order valence-corrected chi connectivity index (χ3v) is 17.4. The number of carbonyl (C=O) groups excluding carboxylic acids is 6. The summed E-state index contributed by atoms with van der Waals surface area (Å²) in [6, 6.07) is -8.90. The fraction of sp³-hybridized carbons (Fsp3) is 0.548. The molecule has 2 aromatic heterocycles. The number of aliphatic hydroxyl groups is 1. The van der Waals surface area contributed by atoms with Crippen LogP contribution in [-0.2, 0) is 84.3 Å². The molecule has 86 heavy (non-hydrogen) atoms. The molecular weight excluding hydrogens is 1260 g/mol. The molecule has 1 aliphatic heterocycles. The number of fused-ring (bicyclic) bond motifs is 1. The lowest BCUT2D eigenvalue weighted by atomic mass is 10.1. The van der Waals surface area contributed by atoms with E-state index >= 15 is 0 Å². The Morgan fingerprint density at radius 1 is 0.709 bits per heavy atom. The van der Waals surface area contributed by atoms with Gasteiger partial charge in [-0.15, -0.1) is 0 Å². The number of phosphoric ester groups is 1. The van der Waals surface area contributed by atoms with E-state index in [4.69, 9.17) is 36.2 Å². The number of carboxylic acids is 5. The number of unbranched alkanes of at least 4 members (excludes halogenated alkanes) is 2. The lowest BCUT2D eigenvalue weighted by molar-refractivity contribution is -0.148. The highest BCUT2D eigenvalue weighted by atomic mass is 33.1.